The van der Waals surface area contributed by atoms with Crippen molar-refractivity contribution in [2.24, 2.45) is 5.92 Å². The quantitative estimate of drug-likeness (QED) is 0.616. The van der Waals surface area contributed by atoms with Crippen molar-refractivity contribution in [3.8, 4) is 0 Å². The van der Waals surface area contributed by atoms with Crippen LogP contribution in [0.5, 0.6) is 0 Å². The van der Waals surface area contributed by atoms with E-state index in [2.05, 4.69) is 17.3 Å². The average molecular weight is 144 g/mol. The summed E-state index contributed by atoms with van der Waals surface area (Å²) in [6.45, 7) is 3.77. The second kappa shape index (κ2) is 3.94. The normalized spacial score (nSPS) is 23.4. The highest BCUT2D eigenvalue weighted by Crippen LogP contribution is 2.14. The lowest BCUT2D eigenvalue weighted by molar-refractivity contribution is 0.218. The summed E-state index contributed by atoms with van der Waals surface area (Å²) in [7, 11) is 4.24. The van der Waals surface area contributed by atoms with Crippen LogP contribution in [0.25, 0.3) is 0 Å². The van der Waals surface area contributed by atoms with E-state index >= 15 is 0 Å². The van der Waals surface area contributed by atoms with E-state index in [0.29, 0.717) is 0 Å². The highest BCUT2D eigenvalue weighted by molar-refractivity contribution is 4.70. The highest BCUT2D eigenvalue weighted by atomic mass is 15.1. The Morgan fingerprint density at radius 1 is 1.50 bits per heavy atom. The van der Waals surface area contributed by atoms with E-state index in [9.17, 15) is 0 Å². The van der Waals surface area contributed by atoms with Gasteiger partial charge in [0.15, 0.2) is 0 Å². The third kappa shape index (κ3) is 2.27. The second-order valence-corrected chi connectivity index (χ2v) is 3.30. The molecule has 0 spiro atoms. The Kier molecular flexibility index (Phi) is 3.16. The van der Waals surface area contributed by atoms with Gasteiger partial charge in [0.1, 0.15) is 0 Å². The van der Waals surface area contributed by atoms with Crippen molar-refractivity contribution in [3.05, 3.63) is 0 Å². The largest absolute Gasteiger partial charge is 0.319 e. The number of piperidine rings is 1. The molecule has 0 aromatic heterocycles. The number of nitrogens with one attached hydrogen (secondary N) is 1. The fourth-order valence-electron chi connectivity index (χ4n) is 1.55. The van der Waals surface area contributed by atoms with Gasteiger partial charge in [-0.25, -0.2) is 0 Å². The van der Waals surface area contributed by atoms with Gasteiger partial charge in [0.25, 0.3) is 0 Å². The van der Waals surface area contributed by atoms with Crippen LogP contribution in [-0.4, -0.2) is 38.6 Å². The SMILES string of the molecule is CNCC1CCN(C)CC1.[HH]. The fourth-order valence-corrected chi connectivity index (χ4v) is 1.55. The van der Waals surface area contributed by atoms with E-state index in [1.165, 1.54) is 32.5 Å². The van der Waals surface area contributed by atoms with Crippen LogP contribution < -0.4 is 5.32 Å². The molecule has 0 atom stereocenters. The number of hydrogen-bond acceptors (Lipinski definition) is 2. The molecule has 0 bridgehead atoms. The Bertz CT molecular complexity index is 90.1. The zero-order valence-corrected chi connectivity index (χ0v) is 7.06. The Hall–Kier alpha value is -0.0800. The van der Waals surface area contributed by atoms with Gasteiger partial charge in [0.2, 0.25) is 0 Å². The maximum Gasteiger partial charge on any atom is 0 e. The number of hydrogen-bond donors (Lipinski definition) is 1. The molecule has 0 unspecified atom stereocenters. The number of rotatable bonds is 2. The fraction of sp³-hybridized carbons (Fsp3) is 1.00. The van der Waals surface area contributed by atoms with Crippen molar-refractivity contribution in [2.45, 2.75) is 12.8 Å². The van der Waals surface area contributed by atoms with Crippen molar-refractivity contribution < 1.29 is 1.43 Å². The Morgan fingerprint density at radius 2 is 2.10 bits per heavy atom. The molecule has 1 heterocycles. The van der Waals surface area contributed by atoms with E-state index in [4.69, 9.17) is 0 Å². The molecular formula is C8H20N2. The van der Waals surface area contributed by atoms with E-state index in [-0.39, 0.29) is 1.43 Å². The maximum absolute atomic E-state index is 3.23. The summed E-state index contributed by atoms with van der Waals surface area (Å²) >= 11 is 0. The molecule has 0 aromatic carbocycles. The first-order valence-corrected chi connectivity index (χ1v) is 4.16. The monoisotopic (exact) mass is 144 g/mol. The molecule has 62 valence electrons. The summed E-state index contributed by atoms with van der Waals surface area (Å²) in [5, 5.41) is 3.23. The lowest BCUT2D eigenvalue weighted by atomic mass is 9.97. The van der Waals surface area contributed by atoms with Gasteiger partial charge in [-0.05, 0) is 52.5 Å². The molecule has 2 heteroatoms. The first-order chi connectivity index (χ1) is 4.83. The van der Waals surface area contributed by atoms with Crippen molar-refractivity contribution in [1.29, 1.82) is 0 Å². The molecule has 10 heavy (non-hydrogen) atoms. The van der Waals surface area contributed by atoms with Crippen LogP contribution in [-0.2, 0) is 0 Å². The maximum atomic E-state index is 3.23. The predicted octanol–water partition coefficient (Wildman–Crippen LogP) is 0.794. The van der Waals surface area contributed by atoms with Crippen molar-refractivity contribution >= 4 is 0 Å². The van der Waals surface area contributed by atoms with Gasteiger partial charge in [0.05, 0.1) is 0 Å². The van der Waals surface area contributed by atoms with Crippen LogP contribution in [0.1, 0.15) is 14.3 Å². The predicted molar refractivity (Wildman–Crippen MR) is 46.3 cm³/mol. The Labute approximate surface area is 65.1 Å². The summed E-state index contributed by atoms with van der Waals surface area (Å²) in [6.07, 6.45) is 2.74. The molecule has 1 saturated heterocycles. The lowest BCUT2D eigenvalue weighted by Gasteiger charge is -2.28. The summed E-state index contributed by atoms with van der Waals surface area (Å²) < 4.78 is 0. The molecule has 0 saturated carbocycles. The molecule has 2 nitrogen and oxygen atoms in total. The third-order valence-electron chi connectivity index (χ3n) is 2.33. The molecule has 0 aromatic rings. The summed E-state index contributed by atoms with van der Waals surface area (Å²) in [6, 6.07) is 0. The molecule has 1 N–H and O–H groups in total. The minimum absolute atomic E-state index is 0. The van der Waals surface area contributed by atoms with Crippen LogP contribution in [0, 0.1) is 5.92 Å². The average Bonchev–Trinajstić information content (AvgIpc) is 1.95. The smallest absolute Gasteiger partial charge is 0 e. The van der Waals surface area contributed by atoms with E-state index in [0.717, 1.165) is 5.92 Å². The van der Waals surface area contributed by atoms with Crippen molar-refractivity contribution in [1.82, 2.24) is 10.2 Å². The molecule has 1 aliphatic rings. The highest BCUT2D eigenvalue weighted by Gasteiger charge is 2.14. The van der Waals surface area contributed by atoms with Crippen LogP contribution in [0.2, 0.25) is 0 Å². The Balaban J connectivity index is 0.000001000. The minimum atomic E-state index is 0. The molecule has 0 amide bonds. The van der Waals surface area contributed by atoms with Gasteiger partial charge in [-0.1, -0.05) is 0 Å². The van der Waals surface area contributed by atoms with Gasteiger partial charge in [0, 0.05) is 1.43 Å². The summed E-state index contributed by atoms with van der Waals surface area (Å²) in [4.78, 5) is 2.41. The van der Waals surface area contributed by atoms with E-state index < -0.39 is 0 Å². The first-order valence-electron chi connectivity index (χ1n) is 4.16. The zero-order chi connectivity index (χ0) is 7.40. The topological polar surface area (TPSA) is 15.3 Å². The first kappa shape index (κ1) is 8.02. The molecule has 0 aliphatic carbocycles. The zero-order valence-electron chi connectivity index (χ0n) is 7.06. The van der Waals surface area contributed by atoms with Gasteiger partial charge in [-0.15, -0.1) is 0 Å². The van der Waals surface area contributed by atoms with E-state index in [1.54, 1.807) is 0 Å². The van der Waals surface area contributed by atoms with Gasteiger partial charge < -0.3 is 10.2 Å². The van der Waals surface area contributed by atoms with Gasteiger partial charge >= 0.3 is 0 Å². The molecule has 1 rings (SSSR count). The van der Waals surface area contributed by atoms with E-state index in [1.807, 2.05) is 7.05 Å². The minimum Gasteiger partial charge on any atom is -0.319 e. The second-order valence-electron chi connectivity index (χ2n) is 3.30. The van der Waals surface area contributed by atoms with Crippen LogP contribution in [0.4, 0.5) is 0 Å². The molecule has 1 fully saturated rings. The van der Waals surface area contributed by atoms with Crippen LogP contribution in [0.15, 0.2) is 0 Å². The van der Waals surface area contributed by atoms with Crippen molar-refractivity contribution in [3.63, 3.8) is 0 Å². The molecular weight excluding hydrogens is 124 g/mol. The lowest BCUT2D eigenvalue weighted by Crippen LogP contribution is -2.34. The van der Waals surface area contributed by atoms with Crippen LogP contribution in [0.3, 0.4) is 0 Å². The summed E-state index contributed by atoms with van der Waals surface area (Å²) in [5.74, 6) is 0.932. The standard InChI is InChI=1S/C8H18N2.H2/c1-9-7-8-3-5-10(2)6-4-8;/h8-9H,3-7H2,1-2H3;1H. The van der Waals surface area contributed by atoms with Crippen molar-refractivity contribution in [2.75, 3.05) is 33.7 Å². The summed E-state index contributed by atoms with van der Waals surface area (Å²) in [5.41, 5.74) is 0. The van der Waals surface area contributed by atoms with Gasteiger partial charge in [-0.2, -0.15) is 0 Å². The number of likely N-dealkylation sites (tertiary alicyclic amines) is 1. The molecule has 1 aliphatic heterocycles. The third-order valence-corrected chi connectivity index (χ3v) is 2.33. The van der Waals surface area contributed by atoms with Gasteiger partial charge in [-0.3, -0.25) is 0 Å². The number of nitrogens with zero attached hydrogens (tertiary/aromatic N) is 1. The molecule has 0 radical (unpaired) electrons. The van der Waals surface area contributed by atoms with Crippen LogP contribution >= 0.6 is 0 Å². The Morgan fingerprint density at radius 3 is 2.60 bits per heavy atom.